The van der Waals surface area contributed by atoms with Gasteiger partial charge >= 0.3 is 5.97 Å². The molecule has 0 radical (unpaired) electrons. The highest BCUT2D eigenvalue weighted by atomic mass is 16.5. The van der Waals surface area contributed by atoms with Gasteiger partial charge in [-0.25, -0.2) is 4.79 Å². The molecule has 110 valence electrons. The Morgan fingerprint density at radius 2 is 2.35 bits per heavy atom. The maximum atomic E-state index is 12.0. The Morgan fingerprint density at radius 3 is 3.00 bits per heavy atom. The van der Waals surface area contributed by atoms with Crippen molar-refractivity contribution in [1.82, 2.24) is 10.1 Å². The van der Waals surface area contributed by atoms with Crippen LogP contribution in [0.15, 0.2) is 10.6 Å². The van der Waals surface area contributed by atoms with Gasteiger partial charge in [-0.05, 0) is 26.2 Å². The third-order valence-electron chi connectivity index (χ3n) is 3.25. The molecule has 0 saturated carbocycles. The number of rotatable bonds is 5. The molecule has 7 heteroatoms. The minimum absolute atomic E-state index is 0.149. The second-order valence-electron chi connectivity index (χ2n) is 4.86. The molecular weight excluding hydrogens is 264 g/mol. The number of amides is 1. The first-order chi connectivity index (χ1) is 9.58. The van der Waals surface area contributed by atoms with Crippen LogP contribution < -0.4 is 0 Å². The lowest BCUT2D eigenvalue weighted by atomic mass is 10.0. The van der Waals surface area contributed by atoms with Crippen molar-refractivity contribution in [2.45, 2.75) is 38.8 Å². The van der Waals surface area contributed by atoms with Crippen molar-refractivity contribution in [1.29, 1.82) is 0 Å². The zero-order valence-corrected chi connectivity index (χ0v) is 11.4. The molecule has 2 heterocycles. The predicted molar refractivity (Wildman–Crippen MR) is 67.9 cm³/mol. The lowest BCUT2D eigenvalue weighted by molar-refractivity contribution is -0.154. The number of nitrogens with zero attached hydrogens (tertiary/aromatic N) is 2. The molecule has 1 atom stereocenters. The van der Waals surface area contributed by atoms with E-state index in [0.717, 1.165) is 18.5 Å². The Labute approximate surface area is 116 Å². The average Bonchev–Trinajstić information content (AvgIpc) is 2.84. The fraction of sp³-hybridized carbons (Fsp3) is 0.615. The second kappa shape index (κ2) is 6.51. The molecule has 7 nitrogen and oxygen atoms in total. The summed E-state index contributed by atoms with van der Waals surface area (Å²) in [6.45, 7) is 2.27. The number of likely N-dealkylation sites (tertiary alicyclic amines) is 1. The number of carbonyl (C=O) groups excluding carboxylic acids is 1. The smallest absolute Gasteiger partial charge is 0.326 e. The predicted octanol–water partition coefficient (Wildman–Crippen LogP) is 0.965. The summed E-state index contributed by atoms with van der Waals surface area (Å²) in [5, 5.41) is 12.8. The highest BCUT2D eigenvalue weighted by Crippen LogP contribution is 2.17. The van der Waals surface area contributed by atoms with E-state index in [0.29, 0.717) is 18.7 Å². The van der Waals surface area contributed by atoms with Gasteiger partial charge in [0.05, 0.1) is 5.69 Å². The molecule has 0 aliphatic carbocycles. The summed E-state index contributed by atoms with van der Waals surface area (Å²) >= 11 is 0. The van der Waals surface area contributed by atoms with E-state index in [1.165, 1.54) is 4.90 Å². The van der Waals surface area contributed by atoms with Gasteiger partial charge in [0, 0.05) is 12.6 Å². The van der Waals surface area contributed by atoms with E-state index < -0.39 is 12.0 Å². The molecule has 20 heavy (non-hydrogen) atoms. The van der Waals surface area contributed by atoms with Gasteiger partial charge in [-0.1, -0.05) is 5.16 Å². The first kappa shape index (κ1) is 14.5. The largest absolute Gasteiger partial charge is 0.480 e. The molecule has 1 aromatic rings. The van der Waals surface area contributed by atoms with Crippen LogP contribution in [-0.4, -0.2) is 46.2 Å². The van der Waals surface area contributed by atoms with Crippen LogP contribution in [0, 0.1) is 6.92 Å². The lowest BCUT2D eigenvalue weighted by Gasteiger charge is -2.32. The molecule has 1 aliphatic rings. The fourth-order valence-corrected chi connectivity index (χ4v) is 2.29. The van der Waals surface area contributed by atoms with Crippen molar-refractivity contribution in [2.75, 3.05) is 13.2 Å². The minimum atomic E-state index is -0.955. The van der Waals surface area contributed by atoms with Crippen LogP contribution in [0.3, 0.4) is 0 Å². The Hall–Kier alpha value is -1.89. The average molecular weight is 282 g/mol. The lowest BCUT2D eigenvalue weighted by Crippen LogP contribution is -2.49. The van der Waals surface area contributed by atoms with Crippen molar-refractivity contribution in [2.24, 2.45) is 0 Å². The number of piperidine rings is 1. The molecule has 1 aromatic heterocycles. The third-order valence-corrected chi connectivity index (χ3v) is 3.25. The number of aryl methyl sites for hydroxylation is 1. The maximum Gasteiger partial charge on any atom is 0.326 e. The van der Waals surface area contributed by atoms with Crippen LogP contribution in [0.25, 0.3) is 0 Å². The van der Waals surface area contributed by atoms with Gasteiger partial charge in [0.25, 0.3) is 0 Å². The van der Waals surface area contributed by atoms with Crippen molar-refractivity contribution in [3.63, 3.8) is 0 Å². The number of hydrogen-bond donors (Lipinski definition) is 1. The van der Waals surface area contributed by atoms with Gasteiger partial charge in [-0.3, -0.25) is 4.79 Å². The first-order valence-corrected chi connectivity index (χ1v) is 6.60. The highest BCUT2D eigenvalue weighted by Gasteiger charge is 2.31. The number of carboxylic acid groups (broad SMARTS) is 1. The minimum Gasteiger partial charge on any atom is -0.480 e. The van der Waals surface area contributed by atoms with E-state index in [1.54, 1.807) is 13.0 Å². The van der Waals surface area contributed by atoms with Gasteiger partial charge in [0.1, 0.15) is 19.3 Å². The zero-order valence-electron chi connectivity index (χ0n) is 11.4. The van der Waals surface area contributed by atoms with E-state index in [-0.39, 0.29) is 19.1 Å². The number of carbonyl (C=O) groups is 2. The van der Waals surface area contributed by atoms with Gasteiger partial charge < -0.3 is 19.3 Å². The van der Waals surface area contributed by atoms with Crippen LogP contribution in [0.1, 0.15) is 30.7 Å². The number of aromatic nitrogens is 1. The number of hydrogen-bond acceptors (Lipinski definition) is 5. The summed E-state index contributed by atoms with van der Waals surface area (Å²) in [7, 11) is 0. The SMILES string of the molecule is Cc1cc(COCC(=O)N2CCCCC2C(=O)O)on1. The molecule has 0 spiro atoms. The highest BCUT2D eigenvalue weighted by molar-refractivity contribution is 5.84. The summed E-state index contributed by atoms with van der Waals surface area (Å²) in [6.07, 6.45) is 2.16. The van der Waals surface area contributed by atoms with E-state index >= 15 is 0 Å². The van der Waals surface area contributed by atoms with Crippen LogP contribution in [0.2, 0.25) is 0 Å². The quantitative estimate of drug-likeness (QED) is 0.864. The Bertz CT molecular complexity index is 485. The van der Waals surface area contributed by atoms with Crippen LogP contribution in [-0.2, 0) is 20.9 Å². The van der Waals surface area contributed by atoms with Crippen LogP contribution >= 0.6 is 0 Å². The number of carboxylic acids is 1. The first-order valence-electron chi connectivity index (χ1n) is 6.60. The molecule has 1 fully saturated rings. The Balaban J connectivity index is 1.82. The summed E-state index contributed by atoms with van der Waals surface area (Å²) in [5.74, 6) is -0.707. The topological polar surface area (TPSA) is 92.9 Å². The van der Waals surface area contributed by atoms with E-state index in [2.05, 4.69) is 5.16 Å². The summed E-state index contributed by atoms with van der Waals surface area (Å²) in [5.41, 5.74) is 0.747. The standard InChI is InChI=1S/C13H18N2O5/c1-9-6-10(20-14-9)7-19-8-12(16)15-5-3-2-4-11(15)13(17)18/h6,11H,2-5,7-8H2,1H3,(H,17,18). The molecule has 0 aromatic carbocycles. The van der Waals surface area contributed by atoms with Crippen molar-refractivity contribution < 1.29 is 24.0 Å². The number of aliphatic carboxylic acids is 1. The molecule has 1 unspecified atom stereocenters. The molecule has 2 rings (SSSR count). The van der Waals surface area contributed by atoms with Crippen LogP contribution in [0.5, 0.6) is 0 Å². The monoisotopic (exact) mass is 282 g/mol. The number of ether oxygens (including phenoxy) is 1. The second-order valence-corrected chi connectivity index (χ2v) is 4.86. The van der Waals surface area contributed by atoms with Crippen LogP contribution in [0.4, 0.5) is 0 Å². The summed E-state index contributed by atoms with van der Waals surface area (Å²) in [4.78, 5) is 24.5. The van der Waals surface area contributed by atoms with Crippen molar-refractivity contribution in [3.8, 4) is 0 Å². The molecular formula is C13H18N2O5. The van der Waals surface area contributed by atoms with E-state index in [4.69, 9.17) is 14.4 Å². The Morgan fingerprint density at radius 1 is 1.55 bits per heavy atom. The van der Waals surface area contributed by atoms with Gasteiger partial charge in [0.15, 0.2) is 5.76 Å². The van der Waals surface area contributed by atoms with E-state index in [9.17, 15) is 9.59 Å². The van der Waals surface area contributed by atoms with Gasteiger partial charge in [0.2, 0.25) is 5.91 Å². The van der Waals surface area contributed by atoms with Crippen molar-refractivity contribution in [3.05, 3.63) is 17.5 Å². The zero-order chi connectivity index (χ0) is 14.5. The van der Waals surface area contributed by atoms with E-state index in [1.807, 2.05) is 0 Å². The third kappa shape index (κ3) is 3.57. The summed E-state index contributed by atoms with van der Waals surface area (Å²) < 4.78 is 10.2. The molecule has 1 amide bonds. The fourth-order valence-electron chi connectivity index (χ4n) is 2.29. The van der Waals surface area contributed by atoms with Gasteiger partial charge in [-0.2, -0.15) is 0 Å². The molecule has 1 saturated heterocycles. The van der Waals surface area contributed by atoms with Gasteiger partial charge in [-0.15, -0.1) is 0 Å². The molecule has 1 N–H and O–H groups in total. The normalized spacial score (nSPS) is 19.1. The summed E-state index contributed by atoms with van der Waals surface area (Å²) in [6, 6.07) is 0.998. The Kier molecular flexibility index (Phi) is 4.73. The molecule has 0 bridgehead atoms. The maximum absolute atomic E-state index is 12.0. The van der Waals surface area contributed by atoms with Crippen molar-refractivity contribution >= 4 is 11.9 Å². The molecule has 1 aliphatic heterocycles.